The summed E-state index contributed by atoms with van der Waals surface area (Å²) < 4.78 is 6.03. The molecule has 1 N–H and O–H groups in total. The number of carboxylic acids is 1. The highest BCUT2D eigenvalue weighted by molar-refractivity contribution is 5.81. The fraction of sp³-hybridized carbons (Fsp3) is 0.600. The highest BCUT2D eigenvalue weighted by Crippen LogP contribution is 2.35. The van der Waals surface area contributed by atoms with Gasteiger partial charge in [0.2, 0.25) is 5.91 Å². The Balaban J connectivity index is 1.74. The quantitative estimate of drug-likeness (QED) is 0.914. The summed E-state index contributed by atoms with van der Waals surface area (Å²) in [6, 6.07) is 6.33. The number of aryl methyl sites for hydroxylation is 2. The number of carbonyl (C=O) groups excluding carboxylic acids is 1. The molecule has 2 aliphatic rings. The second kappa shape index (κ2) is 7.16. The lowest BCUT2D eigenvalue weighted by molar-refractivity contribution is -0.149. The summed E-state index contributed by atoms with van der Waals surface area (Å²) in [6.07, 6.45) is 1.63. The Labute approximate surface area is 149 Å². The predicted octanol–water partition coefficient (Wildman–Crippen LogP) is 3.09. The molecule has 0 bridgehead atoms. The van der Waals surface area contributed by atoms with Crippen molar-refractivity contribution in [3.8, 4) is 0 Å². The average molecular weight is 345 g/mol. The van der Waals surface area contributed by atoms with Gasteiger partial charge in [-0.15, -0.1) is 0 Å². The number of aliphatic carboxylic acids is 1. The van der Waals surface area contributed by atoms with Gasteiger partial charge in [0.25, 0.3) is 0 Å². The standard InChI is InChI=1S/C20H27NO4/c1-12-4-5-13(2)17(8-12)18-10-21(14(3)11-25-18)19(22)15-6-7-16(9-15)20(23)24/h4-5,8,14-16,18H,6-7,9-11H2,1-3H3,(H,23,24)/t14?,15-,16+,18?/m1/s1. The fourth-order valence-corrected chi connectivity index (χ4v) is 4.02. The monoisotopic (exact) mass is 345 g/mol. The number of hydrogen-bond acceptors (Lipinski definition) is 3. The Kier molecular flexibility index (Phi) is 5.13. The van der Waals surface area contributed by atoms with Crippen molar-refractivity contribution in [2.45, 2.75) is 52.2 Å². The first-order chi connectivity index (χ1) is 11.9. The van der Waals surface area contributed by atoms with Gasteiger partial charge >= 0.3 is 5.97 Å². The third kappa shape index (κ3) is 3.71. The molecule has 1 aliphatic heterocycles. The summed E-state index contributed by atoms with van der Waals surface area (Å²) in [4.78, 5) is 26.1. The van der Waals surface area contributed by atoms with E-state index in [1.54, 1.807) is 0 Å². The first-order valence-electron chi connectivity index (χ1n) is 9.09. The van der Waals surface area contributed by atoms with E-state index in [4.69, 9.17) is 4.74 Å². The van der Waals surface area contributed by atoms with E-state index in [2.05, 4.69) is 32.0 Å². The maximum absolute atomic E-state index is 13.0. The lowest BCUT2D eigenvalue weighted by Gasteiger charge is -2.40. The highest BCUT2D eigenvalue weighted by Gasteiger charge is 2.39. The molecule has 25 heavy (non-hydrogen) atoms. The molecule has 1 heterocycles. The zero-order valence-electron chi connectivity index (χ0n) is 15.2. The van der Waals surface area contributed by atoms with Crippen LogP contribution in [0.5, 0.6) is 0 Å². The van der Waals surface area contributed by atoms with Gasteiger partial charge in [0.05, 0.1) is 25.1 Å². The second-order valence-corrected chi connectivity index (χ2v) is 7.57. The summed E-state index contributed by atoms with van der Waals surface area (Å²) in [6.45, 7) is 7.18. The van der Waals surface area contributed by atoms with Crippen molar-refractivity contribution in [1.29, 1.82) is 0 Å². The molecule has 1 aromatic carbocycles. The Morgan fingerprint density at radius 2 is 1.92 bits per heavy atom. The SMILES string of the molecule is Cc1ccc(C)c(C2CN(C(=O)[C@@H]3CC[C@H](C(=O)O)C3)C(C)CO2)c1. The molecule has 1 amide bonds. The molecule has 5 nitrogen and oxygen atoms in total. The van der Waals surface area contributed by atoms with Crippen molar-refractivity contribution in [1.82, 2.24) is 4.90 Å². The number of morpholine rings is 1. The predicted molar refractivity (Wildman–Crippen MR) is 94.3 cm³/mol. The number of carbonyl (C=O) groups is 2. The zero-order valence-corrected chi connectivity index (χ0v) is 15.2. The number of rotatable bonds is 3. The van der Waals surface area contributed by atoms with Crippen LogP contribution in [0.15, 0.2) is 18.2 Å². The highest BCUT2D eigenvalue weighted by atomic mass is 16.5. The molecule has 1 saturated carbocycles. The van der Waals surface area contributed by atoms with E-state index in [-0.39, 0.29) is 29.9 Å². The van der Waals surface area contributed by atoms with E-state index in [1.165, 1.54) is 11.1 Å². The molecule has 1 aromatic rings. The minimum Gasteiger partial charge on any atom is -0.481 e. The number of ether oxygens (including phenoxy) is 1. The third-order valence-corrected chi connectivity index (χ3v) is 5.63. The van der Waals surface area contributed by atoms with Crippen molar-refractivity contribution in [3.05, 3.63) is 34.9 Å². The second-order valence-electron chi connectivity index (χ2n) is 7.57. The van der Waals surface area contributed by atoms with Gasteiger partial charge in [-0.2, -0.15) is 0 Å². The van der Waals surface area contributed by atoms with Gasteiger partial charge in [-0.25, -0.2) is 0 Å². The van der Waals surface area contributed by atoms with Crippen LogP contribution in [0.1, 0.15) is 49.0 Å². The van der Waals surface area contributed by atoms with Gasteiger partial charge in [0, 0.05) is 5.92 Å². The van der Waals surface area contributed by atoms with Crippen LogP contribution in [-0.4, -0.2) is 41.1 Å². The molecule has 3 rings (SSSR count). The summed E-state index contributed by atoms with van der Waals surface area (Å²) in [5, 5.41) is 9.18. The van der Waals surface area contributed by atoms with Crippen LogP contribution in [0, 0.1) is 25.7 Å². The van der Waals surface area contributed by atoms with Crippen LogP contribution in [0.4, 0.5) is 0 Å². The van der Waals surface area contributed by atoms with E-state index in [0.29, 0.717) is 32.4 Å². The number of nitrogens with zero attached hydrogens (tertiary/aromatic N) is 1. The van der Waals surface area contributed by atoms with E-state index < -0.39 is 5.97 Å². The Hall–Kier alpha value is -1.88. The van der Waals surface area contributed by atoms with E-state index >= 15 is 0 Å². The summed E-state index contributed by atoms with van der Waals surface area (Å²) in [5.74, 6) is -1.23. The van der Waals surface area contributed by atoms with Crippen molar-refractivity contribution in [3.63, 3.8) is 0 Å². The molecule has 2 unspecified atom stereocenters. The van der Waals surface area contributed by atoms with Crippen molar-refractivity contribution < 1.29 is 19.4 Å². The van der Waals surface area contributed by atoms with Crippen molar-refractivity contribution >= 4 is 11.9 Å². The van der Waals surface area contributed by atoms with Crippen LogP contribution in [0.2, 0.25) is 0 Å². The maximum atomic E-state index is 13.0. The van der Waals surface area contributed by atoms with E-state index in [0.717, 1.165) is 5.56 Å². The first kappa shape index (κ1) is 17.9. The minimum absolute atomic E-state index is 0.0257. The van der Waals surface area contributed by atoms with Gasteiger partial charge in [0.15, 0.2) is 0 Å². The van der Waals surface area contributed by atoms with Gasteiger partial charge < -0.3 is 14.7 Å². The largest absolute Gasteiger partial charge is 0.481 e. The fourth-order valence-electron chi connectivity index (χ4n) is 4.02. The number of carboxylic acid groups (broad SMARTS) is 1. The molecule has 1 saturated heterocycles. The number of hydrogen-bond donors (Lipinski definition) is 1. The number of benzene rings is 1. The molecule has 2 fully saturated rings. The molecule has 5 heteroatoms. The van der Waals surface area contributed by atoms with Crippen LogP contribution in [-0.2, 0) is 14.3 Å². The maximum Gasteiger partial charge on any atom is 0.306 e. The van der Waals surface area contributed by atoms with Crippen LogP contribution < -0.4 is 0 Å². The lowest BCUT2D eigenvalue weighted by atomic mass is 9.97. The molecule has 0 aromatic heterocycles. The summed E-state index contributed by atoms with van der Waals surface area (Å²) in [7, 11) is 0. The normalized spacial score (nSPS) is 29.6. The number of amides is 1. The summed E-state index contributed by atoms with van der Waals surface area (Å²) in [5.41, 5.74) is 3.49. The topological polar surface area (TPSA) is 66.8 Å². The molecule has 136 valence electrons. The van der Waals surface area contributed by atoms with Crippen LogP contribution in [0.3, 0.4) is 0 Å². The molecule has 1 aliphatic carbocycles. The average Bonchev–Trinajstić information content (AvgIpc) is 3.07. The molecule has 0 spiro atoms. The third-order valence-electron chi connectivity index (χ3n) is 5.63. The van der Waals surface area contributed by atoms with Gasteiger partial charge in [0.1, 0.15) is 6.10 Å². The van der Waals surface area contributed by atoms with Gasteiger partial charge in [-0.1, -0.05) is 23.8 Å². The van der Waals surface area contributed by atoms with Gasteiger partial charge in [-0.05, 0) is 51.2 Å². The molecule has 0 radical (unpaired) electrons. The van der Waals surface area contributed by atoms with Crippen molar-refractivity contribution in [2.75, 3.05) is 13.2 Å². The molecule has 4 atom stereocenters. The van der Waals surface area contributed by atoms with E-state index in [1.807, 2.05) is 11.8 Å². The Morgan fingerprint density at radius 3 is 2.60 bits per heavy atom. The van der Waals surface area contributed by atoms with Crippen LogP contribution in [0.25, 0.3) is 0 Å². The van der Waals surface area contributed by atoms with E-state index in [9.17, 15) is 14.7 Å². The van der Waals surface area contributed by atoms with Crippen molar-refractivity contribution in [2.24, 2.45) is 11.8 Å². The first-order valence-corrected chi connectivity index (χ1v) is 9.09. The molecular weight excluding hydrogens is 318 g/mol. The smallest absolute Gasteiger partial charge is 0.306 e. The Bertz CT molecular complexity index is 672. The summed E-state index contributed by atoms with van der Waals surface area (Å²) >= 11 is 0. The lowest BCUT2D eigenvalue weighted by Crippen LogP contribution is -2.50. The molecular formula is C20H27NO4. The van der Waals surface area contributed by atoms with Crippen LogP contribution >= 0.6 is 0 Å². The zero-order chi connectivity index (χ0) is 18.1. The minimum atomic E-state index is -0.779. The van der Waals surface area contributed by atoms with Gasteiger partial charge in [-0.3, -0.25) is 9.59 Å². The Morgan fingerprint density at radius 1 is 1.20 bits per heavy atom.